The summed E-state index contributed by atoms with van der Waals surface area (Å²) in [7, 11) is 0. The van der Waals surface area contributed by atoms with Gasteiger partial charge in [0, 0.05) is 41.2 Å². The molecule has 3 aliphatic carbocycles. The lowest BCUT2D eigenvalue weighted by Gasteiger charge is -2.41. The van der Waals surface area contributed by atoms with Crippen LogP contribution in [0.4, 0.5) is 5.82 Å². The molecule has 2 unspecified atom stereocenters. The summed E-state index contributed by atoms with van der Waals surface area (Å²) in [5.41, 5.74) is 6.49. The van der Waals surface area contributed by atoms with Crippen LogP contribution >= 0.6 is 22.9 Å². The molecule has 1 N–H and O–H groups in total. The van der Waals surface area contributed by atoms with Crippen molar-refractivity contribution in [2.45, 2.75) is 122 Å². The summed E-state index contributed by atoms with van der Waals surface area (Å²) in [6.45, 7) is 8.87. The fraction of sp³-hybridized carbons (Fsp3) is 0.468. The van der Waals surface area contributed by atoms with Crippen LogP contribution < -0.4 is 15.0 Å². The maximum atomic E-state index is 13.2. The van der Waals surface area contributed by atoms with Crippen molar-refractivity contribution < 1.29 is 14.3 Å². The molecule has 1 saturated heterocycles. The van der Waals surface area contributed by atoms with E-state index in [0.29, 0.717) is 28.6 Å². The lowest BCUT2D eigenvalue weighted by atomic mass is 9.78. The summed E-state index contributed by atoms with van der Waals surface area (Å²) < 4.78 is 15.0. The molecule has 2 atom stereocenters. The molecule has 14 heteroatoms. The number of aromatic nitrogens is 5. The normalized spacial score (nSPS) is 23.8. The highest BCUT2D eigenvalue weighted by molar-refractivity contribution is 7.15. The minimum absolute atomic E-state index is 0.0342. The molecule has 2 aromatic carbocycles. The molecular weight excluding hydrogens is 806 g/mol. The van der Waals surface area contributed by atoms with Crippen molar-refractivity contribution in [2.24, 2.45) is 10.4 Å². The molecule has 12 nitrogen and oxygen atoms in total. The standard InChI is InChI=1S/C47H50ClN9O3S/c1-28-29(2)61-44-41(28)42(51-47(20-21-47)45-55-52-30(3)57(44)45)32-7-5-31(6-8-32)26-59-37-17-19-46(24-37)18-4-22-56(27-46)40-16-15-39(53-54-40)43(58)50-34-10-13-35(14-11-34)60-36-12-9-33(25-49)38(48)23-36/h5-9,12,15-16,23,34-35,37H,4,10-11,13-14,17-22,24,26-27H2,1-3H3,(H,50,58). The Morgan fingerprint density at radius 2 is 1.77 bits per heavy atom. The van der Waals surface area contributed by atoms with E-state index in [4.69, 9.17) is 31.3 Å². The number of benzene rings is 2. The predicted octanol–water partition coefficient (Wildman–Crippen LogP) is 8.89. The molecule has 314 valence electrons. The van der Waals surface area contributed by atoms with Crippen molar-refractivity contribution in [1.82, 2.24) is 30.3 Å². The summed E-state index contributed by atoms with van der Waals surface area (Å²) in [5, 5.41) is 31.9. The third-order valence-corrected chi connectivity index (χ3v) is 15.2. The predicted molar refractivity (Wildman–Crippen MR) is 235 cm³/mol. The van der Waals surface area contributed by atoms with Crippen LogP contribution in [0.3, 0.4) is 0 Å². The number of amides is 1. The van der Waals surface area contributed by atoms with Crippen molar-refractivity contribution in [3.8, 4) is 16.8 Å². The van der Waals surface area contributed by atoms with E-state index in [0.717, 1.165) is 106 Å². The van der Waals surface area contributed by atoms with Crippen LogP contribution in [0.2, 0.25) is 5.02 Å². The molecule has 5 aliphatic rings. The number of carbonyl (C=O) groups excluding carboxylic acids is 1. The van der Waals surface area contributed by atoms with Crippen LogP contribution in [0.1, 0.15) is 125 Å². The molecule has 1 amide bonds. The van der Waals surface area contributed by atoms with Gasteiger partial charge in [0.15, 0.2) is 17.3 Å². The number of thiophene rings is 1. The average molecular weight is 856 g/mol. The van der Waals surface area contributed by atoms with Gasteiger partial charge in [-0.05, 0) is 132 Å². The highest BCUT2D eigenvalue weighted by Crippen LogP contribution is 2.53. The van der Waals surface area contributed by atoms with Crippen molar-refractivity contribution in [3.63, 3.8) is 0 Å². The Morgan fingerprint density at radius 3 is 2.51 bits per heavy atom. The topological polar surface area (TPSA) is 143 Å². The molecule has 2 aliphatic heterocycles. The van der Waals surface area contributed by atoms with Crippen LogP contribution in [0.5, 0.6) is 5.75 Å². The van der Waals surface area contributed by atoms with E-state index < -0.39 is 0 Å². The first-order chi connectivity index (χ1) is 29.6. The number of hydrogen-bond acceptors (Lipinski definition) is 11. The van der Waals surface area contributed by atoms with Gasteiger partial charge in [0.1, 0.15) is 28.2 Å². The zero-order valence-electron chi connectivity index (χ0n) is 34.9. The van der Waals surface area contributed by atoms with Crippen LogP contribution in [-0.4, -0.2) is 67.9 Å². The number of piperidine rings is 1. The third-order valence-electron chi connectivity index (χ3n) is 13.7. The average Bonchev–Trinajstić information content (AvgIpc) is 3.69. The quantitative estimate of drug-likeness (QED) is 0.154. The van der Waals surface area contributed by atoms with Gasteiger partial charge in [-0.25, -0.2) is 0 Å². The number of nitriles is 1. The first-order valence-electron chi connectivity index (χ1n) is 21.7. The van der Waals surface area contributed by atoms with Gasteiger partial charge < -0.3 is 19.7 Å². The van der Waals surface area contributed by atoms with Crippen LogP contribution in [0.25, 0.3) is 5.00 Å². The number of halogens is 1. The van der Waals surface area contributed by atoms with Gasteiger partial charge in [-0.2, -0.15) is 5.26 Å². The fourth-order valence-corrected chi connectivity index (χ4v) is 11.4. The number of anilines is 1. The Kier molecular flexibility index (Phi) is 10.4. The van der Waals surface area contributed by atoms with Crippen LogP contribution in [0.15, 0.2) is 59.6 Å². The lowest BCUT2D eigenvalue weighted by Crippen LogP contribution is -2.43. The highest BCUT2D eigenvalue weighted by atomic mass is 35.5. The zero-order valence-corrected chi connectivity index (χ0v) is 36.5. The van der Waals surface area contributed by atoms with E-state index >= 15 is 0 Å². The molecule has 2 spiro atoms. The van der Waals surface area contributed by atoms with Gasteiger partial charge in [0.05, 0.1) is 35.1 Å². The minimum atomic E-state index is -0.290. The Labute approximate surface area is 365 Å². The van der Waals surface area contributed by atoms with Gasteiger partial charge in [-0.1, -0.05) is 35.9 Å². The van der Waals surface area contributed by atoms with Crippen molar-refractivity contribution in [1.29, 1.82) is 5.26 Å². The van der Waals surface area contributed by atoms with Crippen LogP contribution in [-0.2, 0) is 16.9 Å². The summed E-state index contributed by atoms with van der Waals surface area (Å²) in [5.74, 6) is 3.17. The summed E-state index contributed by atoms with van der Waals surface area (Å²) in [6, 6.07) is 19.8. The van der Waals surface area contributed by atoms with Gasteiger partial charge >= 0.3 is 0 Å². The lowest BCUT2D eigenvalue weighted by molar-refractivity contribution is 0.0350. The Morgan fingerprint density at radius 1 is 0.951 bits per heavy atom. The molecular formula is C47H50ClN9O3S. The van der Waals surface area contributed by atoms with E-state index in [1.54, 1.807) is 24.3 Å². The second kappa shape index (κ2) is 15.9. The monoisotopic (exact) mass is 855 g/mol. The summed E-state index contributed by atoms with van der Waals surface area (Å²) >= 11 is 7.99. The number of rotatable bonds is 9. The van der Waals surface area contributed by atoms with E-state index in [2.05, 4.69) is 79.4 Å². The molecule has 5 heterocycles. The second-order valence-corrected chi connectivity index (χ2v) is 19.5. The number of nitrogens with zero attached hydrogens (tertiary/aromatic N) is 8. The van der Waals surface area contributed by atoms with Crippen LogP contribution in [0, 0.1) is 37.5 Å². The number of carbonyl (C=O) groups is 1. The Hall–Kier alpha value is -5.16. The van der Waals surface area contributed by atoms with E-state index in [9.17, 15) is 4.79 Å². The van der Waals surface area contributed by atoms with Crippen molar-refractivity contribution >= 4 is 40.4 Å². The van der Waals surface area contributed by atoms with E-state index in [1.807, 2.05) is 24.3 Å². The third kappa shape index (κ3) is 7.72. The largest absolute Gasteiger partial charge is 0.490 e. The number of aliphatic imine (C=N–C) groups is 1. The van der Waals surface area contributed by atoms with Gasteiger partial charge in [-0.15, -0.1) is 31.7 Å². The zero-order chi connectivity index (χ0) is 41.9. The smallest absolute Gasteiger partial charge is 0.272 e. The molecule has 61 heavy (non-hydrogen) atoms. The Balaban J connectivity index is 0.717. The molecule has 5 aromatic rings. The first kappa shape index (κ1) is 39.9. The summed E-state index contributed by atoms with van der Waals surface area (Å²) in [6.07, 6.45) is 11.0. The van der Waals surface area contributed by atoms with Crippen molar-refractivity contribution in [3.05, 3.63) is 110 Å². The maximum absolute atomic E-state index is 13.2. The maximum Gasteiger partial charge on any atom is 0.272 e. The fourth-order valence-electron chi connectivity index (χ4n) is 10.0. The molecule has 4 fully saturated rings. The molecule has 0 bridgehead atoms. The second-order valence-electron chi connectivity index (χ2n) is 17.9. The van der Waals surface area contributed by atoms with E-state index in [-0.39, 0.29) is 35.1 Å². The van der Waals surface area contributed by atoms with E-state index in [1.165, 1.54) is 33.0 Å². The van der Waals surface area contributed by atoms with Crippen molar-refractivity contribution in [2.75, 3.05) is 18.0 Å². The Bertz CT molecular complexity index is 2550. The van der Waals surface area contributed by atoms with Gasteiger partial charge in [-0.3, -0.25) is 14.4 Å². The molecule has 3 saturated carbocycles. The summed E-state index contributed by atoms with van der Waals surface area (Å²) in [4.78, 5) is 22.3. The highest BCUT2D eigenvalue weighted by Gasteiger charge is 2.51. The number of fused-ring (bicyclic) bond motifs is 4. The van der Waals surface area contributed by atoms with Gasteiger partial charge in [0.25, 0.3) is 5.91 Å². The molecule has 10 rings (SSSR count). The SMILES string of the molecule is Cc1sc2c(c1C)C(c1ccc(COC3CCC4(CCCN(c5ccc(C(=O)NC6CCC(Oc7ccc(C#N)c(Cl)c7)CC6)nn5)C4)C3)cc1)=NC1(CC1)c1nnc(C)n1-2. The molecule has 3 aromatic heterocycles. The number of ether oxygens (including phenoxy) is 2. The number of nitrogens with one attached hydrogen (secondary N) is 1. The number of hydrogen-bond donors (Lipinski definition) is 1. The van der Waals surface area contributed by atoms with Gasteiger partial charge in [0.2, 0.25) is 0 Å². The minimum Gasteiger partial charge on any atom is -0.490 e. The first-order valence-corrected chi connectivity index (χ1v) is 22.9. The molecule has 0 radical (unpaired) electrons. The number of aryl methyl sites for hydroxylation is 2.